The van der Waals surface area contributed by atoms with Crippen molar-refractivity contribution in [2.75, 3.05) is 5.73 Å². The summed E-state index contributed by atoms with van der Waals surface area (Å²) in [5.41, 5.74) is 12.6. The van der Waals surface area contributed by atoms with Crippen LogP contribution in [0.15, 0.2) is 56.6 Å². The zero-order valence-electron chi connectivity index (χ0n) is 17.3. The van der Waals surface area contributed by atoms with Crippen LogP contribution in [0.25, 0.3) is 28.3 Å². The first-order chi connectivity index (χ1) is 15.5. The van der Waals surface area contributed by atoms with E-state index in [9.17, 15) is 10.5 Å². The molecule has 3 heterocycles. The molecule has 4 aromatic rings. The van der Waals surface area contributed by atoms with Crippen LogP contribution in [0, 0.1) is 29.6 Å². The number of aromatic amines is 2. The summed E-state index contributed by atoms with van der Waals surface area (Å²) in [6.07, 6.45) is 1.89. The Kier molecular flexibility index (Phi) is 4.58. The minimum Gasteiger partial charge on any atom is -0.450 e. The Morgan fingerprint density at radius 3 is 2.72 bits per heavy atom. The Morgan fingerprint density at radius 1 is 1.16 bits per heavy atom. The molecule has 5 rings (SSSR count). The number of fused-ring (bicyclic) bond motifs is 2. The van der Waals surface area contributed by atoms with Crippen molar-refractivity contribution in [3.8, 4) is 12.1 Å². The summed E-state index contributed by atoms with van der Waals surface area (Å²) in [6, 6.07) is 16.0. The summed E-state index contributed by atoms with van der Waals surface area (Å²) >= 11 is 1.40. The quantitative estimate of drug-likeness (QED) is 0.476. The molecule has 0 atom stereocenters. The monoisotopic (exact) mass is 437 g/mol. The van der Waals surface area contributed by atoms with Gasteiger partial charge in [0.05, 0.1) is 11.0 Å². The number of imidazole rings is 1. The number of aromatic nitrogens is 3. The van der Waals surface area contributed by atoms with Gasteiger partial charge >= 0.3 is 0 Å². The van der Waals surface area contributed by atoms with Crippen LogP contribution in [0.2, 0.25) is 0 Å². The first-order valence-corrected chi connectivity index (χ1v) is 10.6. The zero-order chi connectivity index (χ0) is 22.4. The van der Waals surface area contributed by atoms with E-state index in [2.05, 4.69) is 27.1 Å². The van der Waals surface area contributed by atoms with Gasteiger partial charge in [0.15, 0.2) is 15.9 Å². The Hall–Kier alpha value is -4.27. The molecule has 154 valence electrons. The Balaban J connectivity index is 1.54. The molecular formula is C24H17N6OS+. The molecule has 7 nitrogen and oxygen atoms in total. The average Bonchev–Trinajstić information content (AvgIpc) is 3.45. The third kappa shape index (κ3) is 3.06. The molecule has 8 heteroatoms. The minimum atomic E-state index is 0.257. The van der Waals surface area contributed by atoms with Crippen LogP contribution in [0.4, 0.5) is 5.82 Å². The molecule has 3 aromatic heterocycles. The van der Waals surface area contributed by atoms with E-state index in [-0.39, 0.29) is 5.82 Å². The van der Waals surface area contributed by atoms with E-state index in [1.807, 2.05) is 56.3 Å². The van der Waals surface area contributed by atoms with Crippen molar-refractivity contribution in [3.63, 3.8) is 0 Å². The molecule has 0 fully saturated rings. The number of pyridine rings is 1. The molecule has 0 bridgehead atoms. The maximum Gasteiger partial charge on any atom is 0.289 e. The fourth-order valence-corrected chi connectivity index (χ4v) is 4.72. The molecule has 0 saturated carbocycles. The van der Waals surface area contributed by atoms with Gasteiger partial charge in [-0.25, -0.2) is 9.97 Å². The number of nitriles is 2. The fourth-order valence-electron chi connectivity index (χ4n) is 3.95. The standard InChI is InChI=1S/C24H16N6OS/c1-12-15(21-13(2)17(11-26)23(27)30-22(21)16(12)10-25)9-14-7-8-20(31-14)32-24-28-18-5-3-4-6-19(18)29-24/h3-9H,1-2H3,(H2,27,30)(H,28,29)/p+1. The number of rotatable bonds is 3. The van der Waals surface area contributed by atoms with Crippen molar-refractivity contribution in [3.05, 3.63) is 70.1 Å². The number of furan rings is 1. The fraction of sp³-hybridized carbons (Fsp3) is 0.0833. The summed E-state index contributed by atoms with van der Waals surface area (Å²) in [7, 11) is 0. The number of para-hydroxylation sites is 2. The van der Waals surface area contributed by atoms with Gasteiger partial charge in [0.1, 0.15) is 29.0 Å². The Labute approximate surface area is 187 Å². The number of nitrogen functional groups attached to an aromatic ring is 1. The number of benzene rings is 1. The number of hydrogen-bond donors (Lipinski definition) is 2. The van der Waals surface area contributed by atoms with E-state index >= 15 is 0 Å². The van der Waals surface area contributed by atoms with E-state index in [1.165, 1.54) is 11.8 Å². The molecule has 1 aliphatic rings. The van der Waals surface area contributed by atoms with E-state index < -0.39 is 0 Å². The minimum absolute atomic E-state index is 0.257. The molecule has 0 saturated heterocycles. The number of anilines is 1. The molecule has 0 radical (unpaired) electrons. The maximum atomic E-state index is 9.71. The highest BCUT2D eigenvalue weighted by Gasteiger charge is 2.32. The highest BCUT2D eigenvalue weighted by Crippen LogP contribution is 2.43. The van der Waals surface area contributed by atoms with Gasteiger partial charge in [-0.1, -0.05) is 12.1 Å². The van der Waals surface area contributed by atoms with E-state index in [0.29, 0.717) is 27.7 Å². The number of H-pyrrole nitrogens is 2. The second-order valence-corrected chi connectivity index (χ2v) is 8.38. The molecule has 1 aromatic carbocycles. The highest BCUT2D eigenvalue weighted by molar-refractivity contribution is 7.99. The van der Waals surface area contributed by atoms with Gasteiger partial charge in [-0.05, 0) is 72.7 Å². The van der Waals surface area contributed by atoms with Crippen LogP contribution in [-0.4, -0.2) is 9.97 Å². The molecule has 0 amide bonds. The Morgan fingerprint density at radius 2 is 1.97 bits per heavy atom. The summed E-state index contributed by atoms with van der Waals surface area (Å²) in [6.45, 7) is 3.72. The predicted octanol–water partition coefficient (Wildman–Crippen LogP) is 4.73. The van der Waals surface area contributed by atoms with Crippen molar-refractivity contribution < 1.29 is 9.40 Å². The lowest BCUT2D eigenvalue weighted by Crippen LogP contribution is -2.20. The van der Waals surface area contributed by atoms with Gasteiger partial charge in [-0.3, -0.25) is 5.73 Å². The predicted molar refractivity (Wildman–Crippen MR) is 122 cm³/mol. The summed E-state index contributed by atoms with van der Waals surface area (Å²) in [5.74, 6) is 0.894. The van der Waals surface area contributed by atoms with Crippen molar-refractivity contribution >= 4 is 45.8 Å². The van der Waals surface area contributed by atoms with E-state index in [0.717, 1.165) is 38.5 Å². The number of nitrogens with one attached hydrogen (secondary N) is 2. The smallest absolute Gasteiger partial charge is 0.289 e. The van der Waals surface area contributed by atoms with Crippen LogP contribution in [0.1, 0.15) is 35.1 Å². The van der Waals surface area contributed by atoms with Gasteiger partial charge in [0.2, 0.25) is 0 Å². The van der Waals surface area contributed by atoms with Crippen LogP contribution >= 0.6 is 11.8 Å². The summed E-state index contributed by atoms with van der Waals surface area (Å²) in [4.78, 5) is 10.9. The second kappa shape index (κ2) is 7.45. The lowest BCUT2D eigenvalue weighted by molar-refractivity contribution is -0.364. The van der Waals surface area contributed by atoms with Crippen LogP contribution < -0.4 is 10.7 Å². The molecule has 0 spiro atoms. The number of hydrogen-bond acceptors (Lipinski definition) is 6. The third-order valence-electron chi connectivity index (χ3n) is 5.50. The molecular weight excluding hydrogens is 420 g/mol. The number of nitrogens with zero attached hydrogens (tertiary/aromatic N) is 3. The second-order valence-electron chi connectivity index (χ2n) is 7.39. The van der Waals surface area contributed by atoms with Crippen molar-refractivity contribution in [1.82, 2.24) is 9.97 Å². The first-order valence-electron chi connectivity index (χ1n) is 9.81. The lowest BCUT2D eigenvalue weighted by atomic mass is 9.96. The van der Waals surface area contributed by atoms with Crippen LogP contribution in [0.3, 0.4) is 0 Å². The van der Waals surface area contributed by atoms with Crippen LogP contribution in [-0.2, 0) is 0 Å². The van der Waals surface area contributed by atoms with Gasteiger partial charge in [-0.2, -0.15) is 10.5 Å². The summed E-state index contributed by atoms with van der Waals surface area (Å²) in [5, 5.41) is 20.7. The first kappa shape index (κ1) is 19.7. The molecule has 0 aliphatic heterocycles. The maximum absolute atomic E-state index is 9.71. The normalized spacial score (nSPS) is 14.1. The SMILES string of the molecule is CC1=C(C#N)c2[nH+]c(N)c(C#N)c(C)c2C1=Cc1ccc(Sc2nc3ccccc3[nH]2)o1. The van der Waals surface area contributed by atoms with Crippen molar-refractivity contribution in [2.24, 2.45) is 0 Å². The molecule has 1 aliphatic carbocycles. The van der Waals surface area contributed by atoms with Gasteiger partial charge < -0.3 is 9.40 Å². The molecule has 0 unspecified atom stereocenters. The highest BCUT2D eigenvalue weighted by atomic mass is 32.2. The van der Waals surface area contributed by atoms with Gasteiger partial charge in [0.25, 0.3) is 5.82 Å². The number of allylic oxidation sites excluding steroid dienone is 3. The number of nitrogens with two attached hydrogens (primary N) is 1. The van der Waals surface area contributed by atoms with Crippen molar-refractivity contribution in [2.45, 2.75) is 24.1 Å². The lowest BCUT2D eigenvalue weighted by Gasteiger charge is -2.07. The third-order valence-corrected chi connectivity index (χ3v) is 6.31. The average molecular weight is 438 g/mol. The van der Waals surface area contributed by atoms with Crippen molar-refractivity contribution in [1.29, 1.82) is 10.5 Å². The van der Waals surface area contributed by atoms with E-state index in [4.69, 9.17) is 10.2 Å². The largest absolute Gasteiger partial charge is 0.450 e. The molecule has 32 heavy (non-hydrogen) atoms. The van der Waals surface area contributed by atoms with E-state index in [1.54, 1.807) is 0 Å². The van der Waals surface area contributed by atoms with Crippen LogP contribution in [0.5, 0.6) is 0 Å². The molecule has 4 N–H and O–H groups in total. The zero-order valence-corrected chi connectivity index (χ0v) is 18.1. The Bertz CT molecular complexity index is 1520. The topological polar surface area (TPSA) is 130 Å². The summed E-state index contributed by atoms with van der Waals surface area (Å²) < 4.78 is 6.02. The van der Waals surface area contributed by atoms with Gasteiger partial charge in [-0.15, -0.1) is 0 Å². The van der Waals surface area contributed by atoms with Gasteiger partial charge in [0, 0.05) is 5.56 Å².